The van der Waals surface area contributed by atoms with Gasteiger partial charge in [-0.15, -0.1) is 0 Å². The first-order valence-electron chi connectivity index (χ1n) is 4.35. The predicted octanol–water partition coefficient (Wildman–Crippen LogP) is 2.17. The Morgan fingerprint density at radius 1 is 1.43 bits per heavy atom. The Morgan fingerprint density at radius 2 is 2.29 bits per heavy atom. The molecule has 0 aliphatic heterocycles. The van der Waals surface area contributed by atoms with Gasteiger partial charge in [-0.25, -0.2) is 0 Å². The number of rotatable bonds is 2. The molecule has 0 aliphatic carbocycles. The first-order valence-corrected chi connectivity index (χ1v) is 4.35. The Balaban J connectivity index is 2.59. The number of nitrogens with zero attached hydrogens (tertiary/aromatic N) is 2. The van der Waals surface area contributed by atoms with E-state index < -0.39 is 0 Å². The second-order valence-corrected chi connectivity index (χ2v) is 3.03. The van der Waals surface area contributed by atoms with Crippen molar-refractivity contribution >= 4 is 10.9 Å². The number of nitriles is 1. The van der Waals surface area contributed by atoms with Crippen LogP contribution in [0.4, 0.5) is 0 Å². The van der Waals surface area contributed by atoms with E-state index in [1.54, 1.807) is 7.11 Å². The molecular formula is C11H10N2O. The minimum atomic E-state index is 0.372. The summed E-state index contributed by atoms with van der Waals surface area (Å²) in [5, 5.41) is 9.75. The predicted molar refractivity (Wildman–Crippen MR) is 54.1 cm³/mol. The number of methoxy groups -OCH3 is 1. The monoisotopic (exact) mass is 186 g/mol. The van der Waals surface area contributed by atoms with E-state index in [-0.39, 0.29) is 0 Å². The molecule has 0 atom stereocenters. The van der Waals surface area contributed by atoms with Gasteiger partial charge in [0.1, 0.15) is 12.3 Å². The fourth-order valence-electron chi connectivity index (χ4n) is 1.50. The molecule has 1 aromatic carbocycles. The first kappa shape index (κ1) is 8.64. The van der Waals surface area contributed by atoms with Crippen molar-refractivity contribution in [3.63, 3.8) is 0 Å². The van der Waals surface area contributed by atoms with Crippen LogP contribution in [0, 0.1) is 11.3 Å². The molecule has 2 rings (SSSR count). The maximum absolute atomic E-state index is 8.62. The zero-order chi connectivity index (χ0) is 9.97. The molecule has 0 saturated carbocycles. The molecule has 3 heteroatoms. The zero-order valence-corrected chi connectivity index (χ0v) is 7.90. The first-order chi connectivity index (χ1) is 6.85. The average Bonchev–Trinajstić information content (AvgIpc) is 2.61. The standard InChI is InChI=1S/C11H10N2O/c1-14-10-3-2-9-4-6-13(7-5-12)11(9)8-10/h2-4,6,8H,7H2,1H3. The summed E-state index contributed by atoms with van der Waals surface area (Å²) in [6.45, 7) is 0.372. The van der Waals surface area contributed by atoms with Gasteiger partial charge >= 0.3 is 0 Å². The number of fused-ring (bicyclic) bond motifs is 1. The maximum Gasteiger partial charge on any atom is 0.120 e. The summed E-state index contributed by atoms with van der Waals surface area (Å²) < 4.78 is 7.03. The molecule has 0 aliphatic rings. The van der Waals surface area contributed by atoms with E-state index in [1.807, 2.05) is 35.0 Å². The van der Waals surface area contributed by atoms with Crippen molar-refractivity contribution in [3.05, 3.63) is 30.5 Å². The van der Waals surface area contributed by atoms with Gasteiger partial charge in [-0.1, -0.05) is 0 Å². The third-order valence-electron chi connectivity index (χ3n) is 2.22. The lowest BCUT2D eigenvalue weighted by Gasteiger charge is -2.02. The topological polar surface area (TPSA) is 38.0 Å². The third-order valence-corrected chi connectivity index (χ3v) is 2.22. The van der Waals surface area contributed by atoms with E-state index >= 15 is 0 Å². The van der Waals surface area contributed by atoms with E-state index in [0.29, 0.717) is 6.54 Å². The van der Waals surface area contributed by atoms with Gasteiger partial charge in [0.15, 0.2) is 0 Å². The second-order valence-electron chi connectivity index (χ2n) is 3.03. The van der Waals surface area contributed by atoms with Crippen LogP contribution >= 0.6 is 0 Å². The van der Waals surface area contributed by atoms with Crippen LogP contribution in [0.2, 0.25) is 0 Å². The van der Waals surface area contributed by atoms with Crippen LogP contribution < -0.4 is 4.74 Å². The molecule has 0 saturated heterocycles. The van der Waals surface area contributed by atoms with E-state index in [0.717, 1.165) is 16.7 Å². The van der Waals surface area contributed by atoms with Gasteiger partial charge in [-0.2, -0.15) is 5.26 Å². The summed E-state index contributed by atoms with van der Waals surface area (Å²) in [4.78, 5) is 0. The van der Waals surface area contributed by atoms with Crippen molar-refractivity contribution in [2.45, 2.75) is 6.54 Å². The van der Waals surface area contributed by atoms with Crippen LogP contribution in [0.15, 0.2) is 30.5 Å². The number of hydrogen-bond acceptors (Lipinski definition) is 2. The van der Waals surface area contributed by atoms with Gasteiger partial charge in [-0.3, -0.25) is 0 Å². The Bertz CT molecular complexity index is 493. The van der Waals surface area contributed by atoms with Crippen LogP contribution in [-0.4, -0.2) is 11.7 Å². The highest BCUT2D eigenvalue weighted by Crippen LogP contribution is 2.21. The van der Waals surface area contributed by atoms with Crippen LogP contribution in [0.25, 0.3) is 10.9 Å². The zero-order valence-electron chi connectivity index (χ0n) is 7.90. The Morgan fingerprint density at radius 3 is 3.00 bits per heavy atom. The van der Waals surface area contributed by atoms with Gasteiger partial charge < -0.3 is 9.30 Å². The van der Waals surface area contributed by atoms with Crippen LogP contribution in [0.5, 0.6) is 5.75 Å². The lowest BCUT2D eigenvalue weighted by molar-refractivity contribution is 0.415. The number of benzene rings is 1. The molecule has 2 aromatic rings. The van der Waals surface area contributed by atoms with Crippen molar-refractivity contribution in [3.8, 4) is 11.8 Å². The van der Waals surface area contributed by atoms with E-state index in [1.165, 1.54) is 0 Å². The van der Waals surface area contributed by atoms with Crippen LogP contribution in [-0.2, 0) is 6.54 Å². The Hall–Kier alpha value is -1.95. The van der Waals surface area contributed by atoms with Crippen molar-refractivity contribution in [2.75, 3.05) is 7.11 Å². The molecule has 0 fully saturated rings. The Labute approximate surface area is 82.1 Å². The van der Waals surface area contributed by atoms with E-state index in [2.05, 4.69) is 6.07 Å². The minimum absolute atomic E-state index is 0.372. The van der Waals surface area contributed by atoms with Crippen molar-refractivity contribution in [2.24, 2.45) is 0 Å². The quantitative estimate of drug-likeness (QED) is 0.720. The van der Waals surface area contributed by atoms with E-state index in [9.17, 15) is 0 Å². The summed E-state index contributed by atoms with van der Waals surface area (Å²) in [5.41, 5.74) is 1.03. The normalized spacial score (nSPS) is 10.0. The smallest absolute Gasteiger partial charge is 0.120 e. The molecule has 0 N–H and O–H groups in total. The Kier molecular flexibility index (Phi) is 2.11. The lowest BCUT2D eigenvalue weighted by Crippen LogP contribution is -1.92. The fraction of sp³-hybridized carbons (Fsp3) is 0.182. The van der Waals surface area contributed by atoms with E-state index in [4.69, 9.17) is 10.00 Å². The summed E-state index contributed by atoms with van der Waals surface area (Å²) in [7, 11) is 1.64. The molecule has 0 unspecified atom stereocenters. The summed E-state index contributed by atoms with van der Waals surface area (Å²) in [6, 6.07) is 9.96. The van der Waals surface area contributed by atoms with Crippen molar-refractivity contribution in [1.29, 1.82) is 5.26 Å². The van der Waals surface area contributed by atoms with Crippen molar-refractivity contribution < 1.29 is 4.74 Å². The van der Waals surface area contributed by atoms with Crippen LogP contribution in [0.3, 0.4) is 0 Å². The van der Waals surface area contributed by atoms with Gasteiger partial charge in [-0.05, 0) is 23.6 Å². The summed E-state index contributed by atoms with van der Waals surface area (Å²) in [6.07, 6.45) is 1.91. The fourth-order valence-corrected chi connectivity index (χ4v) is 1.50. The lowest BCUT2D eigenvalue weighted by atomic mass is 10.2. The van der Waals surface area contributed by atoms with Gasteiger partial charge in [0.2, 0.25) is 0 Å². The average molecular weight is 186 g/mol. The molecule has 0 spiro atoms. The molecule has 0 bridgehead atoms. The molecule has 0 amide bonds. The second kappa shape index (κ2) is 3.43. The highest BCUT2D eigenvalue weighted by molar-refractivity contribution is 5.81. The summed E-state index contributed by atoms with van der Waals surface area (Å²) in [5.74, 6) is 0.815. The molecule has 14 heavy (non-hydrogen) atoms. The molecule has 70 valence electrons. The van der Waals surface area contributed by atoms with Crippen LogP contribution in [0.1, 0.15) is 0 Å². The van der Waals surface area contributed by atoms with Gasteiger partial charge in [0, 0.05) is 12.3 Å². The maximum atomic E-state index is 8.62. The molecule has 0 radical (unpaired) electrons. The molecular weight excluding hydrogens is 176 g/mol. The molecule has 1 aromatic heterocycles. The SMILES string of the molecule is COc1ccc2ccn(CC#N)c2c1. The highest BCUT2D eigenvalue weighted by Gasteiger charge is 2.01. The number of aromatic nitrogens is 1. The highest BCUT2D eigenvalue weighted by atomic mass is 16.5. The van der Waals surface area contributed by atoms with Crippen molar-refractivity contribution in [1.82, 2.24) is 4.57 Å². The number of ether oxygens (including phenoxy) is 1. The molecule has 3 nitrogen and oxygen atoms in total. The number of hydrogen-bond donors (Lipinski definition) is 0. The van der Waals surface area contributed by atoms with Gasteiger partial charge in [0.25, 0.3) is 0 Å². The largest absolute Gasteiger partial charge is 0.497 e. The summed E-state index contributed by atoms with van der Waals surface area (Å²) >= 11 is 0. The third kappa shape index (κ3) is 1.31. The minimum Gasteiger partial charge on any atom is -0.497 e. The van der Waals surface area contributed by atoms with Gasteiger partial charge in [0.05, 0.1) is 18.7 Å². The molecule has 1 heterocycles.